The Bertz CT molecular complexity index is 1060. The van der Waals surface area contributed by atoms with Crippen molar-refractivity contribution in [2.45, 2.75) is 45.2 Å². The van der Waals surface area contributed by atoms with Crippen LogP contribution in [0.25, 0.3) is 6.08 Å². The zero-order valence-electron chi connectivity index (χ0n) is 19.5. The molecule has 1 N–H and O–H groups in total. The van der Waals surface area contributed by atoms with E-state index in [0.29, 0.717) is 6.42 Å². The molecule has 2 aliphatic rings. The van der Waals surface area contributed by atoms with E-state index in [1.807, 2.05) is 14.1 Å². The maximum Gasteiger partial charge on any atom is 0.223 e. The minimum Gasteiger partial charge on any atom is -0.378 e. The monoisotopic (exact) mass is 415 g/mol. The Labute approximate surface area is 186 Å². The average Bonchev–Trinajstić information content (AvgIpc) is 2.89. The summed E-state index contributed by atoms with van der Waals surface area (Å²) in [7, 11) is 4.09. The van der Waals surface area contributed by atoms with Crippen molar-refractivity contribution < 1.29 is 4.79 Å². The number of aryl methyl sites for hydroxylation is 2. The van der Waals surface area contributed by atoms with Crippen LogP contribution in [0.5, 0.6) is 0 Å². The summed E-state index contributed by atoms with van der Waals surface area (Å²) < 4.78 is 0. The molecule has 2 aromatic rings. The molecule has 4 heteroatoms. The number of carbonyl (C=O) groups is 1. The van der Waals surface area contributed by atoms with Crippen LogP contribution in [0, 0.1) is 13.8 Å². The van der Waals surface area contributed by atoms with Crippen molar-refractivity contribution in [3.63, 3.8) is 0 Å². The second kappa shape index (κ2) is 7.60. The molecule has 0 spiro atoms. The maximum absolute atomic E-state index is 12.5. The molecule has 1 fully saturated rings. The van der Waals surface area contributed by atoms with E-state index in [0.717, 1.165) is 12.1 Å². The molecule has 1 unspecified atom stereocenters. The number of hydrogen-bond acceptors (Lipinski definition) is 3. The highest BCUT2D eigenvalue weighted by molar-refractivity contribution is 5.84. The lowest BCUT2D eigenvalue weighted by atomic mass is 9.73. The molecule has 0 saturated carbocycles. The second-order valence-electron chi connectivity index (χ2n) is 9.52. The maximum atomic E-state index is 12.5. The summed E-state index contributed by atoms with van der Waals surface area (Å²) in [6.07, 6.45) is 8.94. The Morgan fingerprint density at radius 1 is 1.06 bits per heavy atom. The normalized spacial score (nSPS) is 22.0. The molecule has 2 aromatic carbocycles. The van der Waals surface area contributed by atoms with Gasteiger partial charge >= 0.3 is 0 Å². The second-order valence-corrected chi connectivity index (χ2v) is 9.52. The molecule has 162 valence electrons. The van der Waals surface area contributed by atoms with Crippen LogP contribution in [0.1, 0.15) is 42.5 Å². The van der Waals surface area contributed by atoms with Crippen molar-refractivity contribution in [1.82, 2.24) is 5.32 Å². The number of nitrogens with one attached hydrogen (secondary N) is 1. The van der Waals surface area contributed by atoms with Crippen LogP contribution in [0.2, 0.25) is 0 Å². The van der Waals surface area contributed by atoms with Gasteiger partial charge in [-0.1, -0.05) is 50.3 Å². The van der Waals surface area contributed by atoms with Gasteiger partial charge in [0, 0.05) is 43.9 Å². The number of carbonyl (C=O) groups excluding carboxylic acids is 1. The Hall–Kier alpha value is -3.01. The number of amides is 1. The minimum atomic E-state index is -0.567. The van der Waals surface area contributed by atoms with Gasteiger partial charge in [0.05, 0.1) is 0 Å². The molecule has 1 amide bonds. The first kappa shape index (κ1) is 21.2. The van der Waals surface area contributed by atoms with Crippen LogP contribution < -0.4 is 15.1 Å². The third-order valence-electron chi connectivity index (χ3n) is 6.79. The van der Waals surface area contributed by atoms with Crippen LogP contribution in [0.4, 0.5) is 11.4 Å². The lowest BCUT2D eigenvalue weighted by molar-refractivity contribution is -0.124. The standard InChI is InChI=1S/C27H33N3O/c1-19-17-20(2)25-23(18-19)30-16-14-24(31)28-27(30,26(25,3)4)15-8-7-9-21-10-12-22(13-11-21)29(5)6/h7-13,15,17-18H,14,16H2,1-6H3,(H,28,31)/b9-7+,15-8+. The summed E-state index contributed by atoms with van der Waals surface area (Å²) in [5.74, 6) is 0.111. The highest BCUT2D eigenvalue weighted by Crippen LogP contribution is 2.53. The van der Waals surface area contributed by atoms with E-state index >= 15 is 0 Å². The number of benzene rings is 2. The van der Waals surface area contributed by atoms with Crippen molar-refractivity contribution in [2.24, 2.45) is 0 Å². The van der Waals surface area contributed by atoms with Gasteiger partial charge in [-0.15, -0.1) is 0 Å². The largest absolute Gasteiger partial charge is 0.378 e. The zero-order chi connectivity index (χ0) is 22.4. The highest BCUT2D eigenvalue weighted by atomic mass is 16.2. The van der Waals surface area contributed by atoms with Crippen molar-refractivity contribution in [3.8, 4) is 0 Å². The van der Waals surface area contributed by atoms with E-state index in [9.17, 15) is 4.79 Å². The Morgan fingerprint density at radius 2 is 1.77 bits per heavy atom. The van der Waals surface area contributed by atoms with Crippen molar-refractivity contribution in [3.05, 3.63) is 76.9 Å². The number of fused-ring (bicyclic) bond motifs is 3. The smallest absolute Gasteiger partial charge is 0.223 e. The molecule has 31 heavy (non-hydrogen) atoms. The average molecular weight is 416 g/mol. The van der Waals surface area contributed by atoms with Crippen LogP contribution in [0.15, 0.2) is 54.6 Å². The minimum absolute atomic E-state index is 0.111. The molecular formula is C27H33N3O. The summed E-state index contributed by atoms with van der Waals surface area (Å²) >= 11 is 0. The third kappa shape index (κ3) is 3.44. The van der Waals surface area contributed by atoms with Gasteiger partial charge in [-0.25, -0.2) is 0 Å². The molecule has 0 aromatic heterocycles. The predicted octanol–water partition coefficient (Wildman–Crippen LogP) is 4.95. The van der Waals surface area contributed by atoms with Crippen LogP contribution >= 0.6 is 0 Å². The van der Waals surface area contributed by atoms with E-state index in [2.05, 4.69) is 104 Å². The third-order valence-corrected chi connectivity index (χ3v) is 6.79. The molecule has 1 atom stereocenters. The summed E-state index contributed by atoms with van der Waals surface area (Å²) in [5, 5.41) is 3.36. The molecule has 0 aliphatic carbocycles. The summed E-state index contributed by atoms with van der Waals surface area (Å²) in [4.78, 5) is 17.0. The van der Waals surface area contributed by atoms with Crippen LogP contribution in [-0.2, 0) is 10.2 Å². The predicted molar refractivity (Wildman–Crippen MR) is 131 cm³/mol. The van der Waals surface area contributed by atoms with Crippen LogP contribution in [-0.4, -0.2) is 32.2 Å². The molecule has 2 aliphatic heterocycles. The number of allylic oxidation sites excluding steroid dienone is 2. The topological polar surface area (TPSA) is 35.6 Å². The fourth-order valence-corrected chi connectivity index (χ4v) is 5.28. The van der Waals surface area contributed by atoms with Gasteiger partial charge < -0.3 is 15.1 Å². The molecule has 4 rings (SSSR count). The summed E-state index contributed by atoms with van der Waals surface area (Å²) in [6, 6.07) is 13.0. The first-order chi connectivity index (χ1) is 14.7. The van der Waals surface area contributed by atoms with Crippen LogP contribution in [0.3, 0.4) is 0 Å². The van der Waals surface area contributed by atoms with Gasteiger partial charge in [-0.2, -0.15) is 0 Å². The van der Waals surface area contributed by atoms with E-state index in [1.54, 1.807) is 0 Å². The van der Waals surface area contributed by atoms with Gasteiger partial charge in [-0.3, -0.25) is 4.79 Å². The van der Waals surface area contributed by atoms with Crippen molar-refractivity contribution in [2.75, 3.05) is 30.4 Å². The molecule has 1 saturated heterocycles. The molecule has 2 heterocycles. The molecule has 4 nitrogen and oxygen atoms in total. The highest BCUT2D eigenvalue weighted by Gasteiger charge is 2.58. The van der Waals surface area contributed by atoms with E-state index in [4.69, 9.17) is 0 Å². The molecule has 0 bridgehead atoms. The van der Waals surface area contributed by atoms with Crippen molar-refractivity contribution >= 4 is 23.4 Å². The van der Waals surface area contributed by atoms with E-state index < -0.39 is 5.66 Å². The first-order valence-corrected chi connectivity index (χ1v) is 11.0. The van der Waals surface area contributed by atoms with Gasteiger partial charge in [0.2, 0.25) is 5.91 Å². The van der Waals surface area contributed by atoms with Crippen molar-refractivity contribution in [1.29, 1.82) is 0 Å². The SMILES string of the molecule is Cc1cc(C)c2c(c1)N1CCC(=O)NC1(/C=C/C=C/c1ccc(N(C)C)cc1)C2(C)C. The Balaban J connectivity index is 1.69. The number of hydrogen-bond donors (Lipinski definition) is 1. The lowest BCUT2D eigenvalue weighted by Crippen LogP contribution is -2.68. The fraction of sp³-hybridized carbons (Fsp3) is 0.370. The zero-order valence-corrected chi connectivity index (χ0v) is 19.5. The molecule has 0 radical (unpaired) electrons. The summed E-state index contributed by atoms with van der Waals surface area (Å²) in [6.45, 7) is 9.54. The molecular weight excluding hydrogens is 382 g/mol. The van der Waals surface area contributed by atoms with Gasteiger partial charge in [0.15, 0.2) is 0 Å². The number of anilines is 2. The van der Waals surface area contributed by atoms with Gasteiger partial charge in [-0.05, 0) is 60.4 Å². The summed E-state index contributed by atoms with van der Waals surface area (Å²) in [5.41, 5.74) is 6.62. The Morgan fingerprint density at radius 3 is 2.45 bits per heavy atom. The number of rotatable bonds is 4. The lowest BCUT2D eigenvalue weighted by Gasteiger charge is -2.49. The Kier molecular flexibility index (Phi) is 5.20. The van der Waals surface area contributed by atoms with Gasteiger partial charge in [0.25, 0.3) is 0 Å². The van der Waals surface area contributed by atoms with Gasteiger partial charge in [0.1, 0.15) is 5.66 Å². The van der Waals surface area contributed by atoms with E-state index in [-0.39, 0.29) is 11.3 Å². The van der Waals surface area contributed by atoms with E-state index in [1.165, 1.54) is 28.1 Å². The fourth-order valence-electron chi connectivity index (χ4n) is 5.28. The quantitative estimate of drug-likeness (QED) is 0.718. The number of nitrogens with zero attached hydrogens (tertiary/aromatic N) is 2. The first-order valence-electron chi connectivity index (χ1n) is 11.0.